The van der Waals surface area contributed by atoms with E-state index in [1.807, 2.05) is 0 Å². The Bertz CT molecular complexity index is 373. The zero-order chi connectivity index (χ0) is 9.84. The summed E-state index contributed by atoms with van der Waals surface area (Å²) in [7, 11) is 1.21. The van der Waals surface area contributed by atoms with Crippen LogP contribution in [0.1, 0.15) is 0 Å². The molecule has 0 unspecified atom stereocenters. The number of aliphatic imine (C=N–C) groups is 1. The Hall–Kier alpha value is -1.74. The molecule has 0 N–H and O–H groups in total. The normalized spacial score (nSPS) is 9.15. The van der Waals surface area contributed by atoms with E-state index in [2.05, 4.69) is 9.73 Å². The van der Waals surface area contributed by atoms with Gasteiger partial charge in [-0.1, -0.05) is 0 Å². The minimum absolute atomic E-state index is 0.234. The molecule has 1 aromatic rings. The van der Waals surface area contributed by atoms with E-state index in [1.54, 1.807) is 0 Å². The van der Waals surface area contributed by atoms with E-state index in [0.29, 0.717) is 0 Å². The number of benzene rings is 1. The maximum Gasteiger partial charge on any atom is 0.240 e. The molecule has 0 aliphatic heterocycles. The van der Waals surface area contributed by atoms with Crippen molar-refractivity contribution in [1.82, 2.24) is 0 Å². The minimum Gasteiger partial charge on any atom is -0.494 e. The Kier molecular flexibility index (Phi) is 2.72. The van der Waals surface area contributed by atoms with Crippen LogP contribution in [0.2, 0.25) is 0 Å². The van der Waals surface area contributed by atoms with Gasteiger partial charge in [0, 0.05) is 12.1 Å². The third kappa shape index (κ3) is 1.89. The standard InChI is InChI=1S/C8H5F2NO2/c1-13-8-3-5(9)7(11-4-12)2-6(8)10/h2-3H,1H3. The highest BCUT2D eigenvalue weighted by Crippen LogP contribution is 2.25. The van der Waals surface area contributed by atoms with Gasteiger partial charge in [0.15, 0.2) is 17.4 Å². The quantitative estimate of drug-likeness (QED) is 0.521. The first-order valence-electron chi connectivity index (χ1n) is 3.30. The molecule has 1 aromatic carbocycles. The molecule has 3 nitrogen and oxygen atoms in total. The monoisotopic (exact) mass is 185 g/mol. The number of hydrogen-bond donors (Lipinski definition) is 0. The molecule has 0 aromatic heterocycles. The maximum absolute atomic E-state index is 12.9. The summed E-state index contributed by atoms with van der Waals surface area (Å²) < 4.78 is 30.3. The van der Waals surface area contributed by atoms with Crippen LogP contribution in [-0.2, 0) is 4.79 Å². The minimum atomic E-state index is -0.832. The lowest BCUT2D eigenvalue weighted by Gasteiger charge is -2.02. The van der Waals surface area contributed by atoms with Crippen LogP contribution < -0.4 is 4.74 Å². The zero-order valence-corrected chi connectivity index (χ0v) is 6.67. The van der Waals surface area contributed by atoms with Crippen molar-refractivity contribution < 1.29 is 18.3 Å². The lowest BCUT2D eigenvalue weighted by atomic mass is 10.3. The molecule has 13 heavy (non-hydrogen) atoms. The van der Waals surface area contributed by atoms with E-state index >= 15 is 0 Å². The Morgan fingerprint density at radius 2 is 2.08 bits per heavy atom. The van der Waals surface area contributed by atoms with Crippen molar-refractivity contribution in [2.45, 2.75) is 0 Å². The van der Waals surface area contributed by atoms with Gasteiger partial charge in [0.05, 0.1) is 7.11 Å². The molecular formula is C8H5F2NO2. The van der Waals surface area contributed by atoms with Gasteiger partial charge in [-0.15, -0.1) is 0 Å². The first-order chi connectivity index (χ1) is 6.19. The fourth-order valence-electron chi connectivity index (χ4n) is 0.809. The van der Waals surface area contributed by atoms with E-state index < -0.39 is 17.3 Å². The second kappa shape index (κ2) is 3.78. The number of halogens is 2. The van der Waals surface area contributed by atoms with Crippen LogP contribution in [0.5, 0.6) is 5.75 Å². The summed E-state index contributed by atoms with van der Waals surface area (Å²) in [6.45, 7) is 0. The van der Waals surface area contributed by atoms with Crippen LogP contribution in [0, 0.1) is 11.6 Å². The first kappa shape index (κ1) is 9.35. The van der Waals surface area contributed by atoms with Crippen molar-refractivity contribution in [3.8, 4) is 5.75 Å². The van der Waals surface area contributed by atoms with Crippen LogP contribution >= 0.6 is 0 Å². The molecule has 0 heterocycles. The molecule has 0 atom stereocenters. The van der Waals surface area contributed by atoms with Crippen LogP contribution in [0.4, 0.5) is 14.5 Å². The number of hydrogen-bond acceptors (Lipinski definition) is 3. The molecule has 0 saturated heterocycles. The van der Waals surface area contributed by atoms with Crippen LogP contribution in [0.25, 0.3) is 0 Å². The molecule has 5 heteroatoms. The highest BCUT2D eigenvalue weighted by molar-refractivity contribution is 5.51. The Labute approximate surface area is 72.7 Å². The second-order valence-corrected chi connectivity index (χ2v) is 2.14. The third-order valence-electron chi connectivity index (χ3n) is 1.39. The number of methoxy groups -OCH3 is 1. The molecule has 0 bridgehead atoms. The molecule has 0 amide bonds. The van der Waals surface area contributed by atoms with Crippen molar-refractivity contribution in [3.05, 3.63) is 23.8 Å². The zero-order valence-electron chi connectivity index (χ0n) is 6.67. The summed E-state index contributed by atoms with van der Waals surface area (Å²) in [5, 5.41) is 0. The van der Waals surface area contributed by atoms with Crippen LogP contribution in [0.15, 0.2) is 17.1 Å². The maximum atomic E-state index is 12.9. The van der Waals surface area contributed by atoms with Gasteiger partial charge in [-0.2, -0.15) is 4.99 Å². The topological polar surface area (TPSA) is 38.7 Å². The third-order valence-corrected chi connectivity index (χ3v) is 1.39. The smallest absolute Gasteiger partial charge is 0.240 e. The van der Waals surface area contributed by atoms with Gasteiger partial charge in [0.1, 0.15) is 5.69 Å². The van der Waals surface area contributed by atoms with Gasteiger partial charge in [0.25, 0.3) is 0 Å². The highest BCUT2D eigenvalue weighted by atomic mass is 19.1. The fourth-order valence-corrected chi connectivity index (χ4v) is 0.809. The highest BCUT2D eigenvalue weighted by Gasteiger charge is 2.09. The SMILES string of the molecule is COc1cc(F)c(N=C=O)cc1F. The lowest BCUT2D eigenvalue weighted by molar-refractivity contribution is 0.383. The number of ether oxygens (including phenoxy) is 1. The van der Waals surface area contributed by atoms with E-state index in [-0.39, 0.29) is 5.75 Å². The molecule has 1 rings (SSSR count). The summed E-state index contributed by atoms with van der Waals surface area (Å²) in [5.41, 5.74) is -0.395. The van der Waals surface area contributed by atoms with E-state index in [9.17, 15) is 13.6 Å². The Morgan fingerprint density at radius 3 is 2.62 bits per heavy atom. The average molecular weight is 185 g/mol. The van der Waals surface area contributed by atoms with Crippen molar-refractivity contribution in [1.29, 1.82) is 0 Å². The Morgan fingerprint density at radius 1 is 1.38 bits per heavy atom. The number of nitrogens with zero attached hydrogens (tertiary/aromatic N) is 1. The van der Waals surface area contributed by atoms with Crippen LogP contribution in [-0.4, -0.2) is 13.2 Å². The van der Waals surface area contributed by atoms with Gasteiger partial charge in [-0.3, -0.25) is 0 Å². The molecule has 0 saturated carbocycles. The van der Waals surface area contributed by atoms with Gasteiger partial charge in [0.2, 0.25) is 6.08 Å². The van der Waals surface area contributed by atoms with Crippen LogP contribution in [0.3, 0.4) is 0 Å². The van der Waals surface area contributed by atoms with Crippen molar-refractivity contribution >= 4 is 11.8 Å². The van der Waals surface area contributed by atoms with Crippen molar-refractivity contribution in [2.24, 2.45) is 4.99 Å². The summed E-state index contributed by atoms with van der Waals surface area (Å²) in [6.07, 6.45) is 1.12. The first-order valence-corrected chi connectivity index (χ1v) is 3.30. The van der Waals surface area contributed by atoms with Gasteiger partial charge in [-0.05, 0) is 0 Å². The molecule has 0 aliphatic carbocycles. The van der Waals surface area contributed by atoms with Gasteiger partial charge >= 0.3 is 0 Å². The number of rotatable bonds is 2. The summed E-state index contributed by atoms with van der Waals surface area (Å²) in [4.78, 5) is 12.7. The van der Waals surface area contributed by atoms with Crippen molar-refractivity contribution in [2.75, 3.05) is 7.11 Å². The lowest BCUT2D eigenvalue weighted by Crippen LogP contribution is -1.89. The van der Waals surface area contributed by atoms with Gasteiger partial charge < -0.3 is 4.74 Å². The predicted octanol–water partition coefficient (Wildman–Crippen LogP) is 1.94. The second-order valence-electron chi connectivity index (χ2n) is 2.14. The van der Waals surface area contributed by atoms with Gasteiger partial charge in [-0.25, -0.2) is 13.6 Å². The van der Waals surface area contributed by atoms with E-state index in [1.165, 1.54) is 7.11 Å². The summed E-state index contributed by atoms with van der Waals surface area (Å²) in [6, 6.07) is 1.57. The molecular weight excluding hydrogens is 180 g/mol. The molecule has 0 radical (unpaired) electrons. The molecule has 0 aliphatic rings. The fraction of sp³-hybridized carbons (Fsp3) is 0.125. The summed E-state index contributed by atoms with van der Waals surface area (Å²) in [5.74, 6) is -1.85. The average Bonchev–Trinajstić information content (AvgIpc) is 2.11. The predicted molar refractivity (Wildman–Crippen MR) is 40.7 cm³/mol. The number of carbonyl (C=O) groups excluding carboxylic acids is 1. The molecule has 0 spiro atoms. The molecule has 68 valence electrons. The van der Waals surface area contributed by atoms with Crippen molar-refractivity contribution in [3.63, 3.8) is 0 Å². The number of isocyanates is 1. The van der Waals surface area contributed by atoms with E-state index in [4.69, 9.17) is 0 Å². The van der Waals surface area contributed by atoms with E-state index in [0.717, 1.165) is 18.2 Å². The largest absolute Gasteiger partial charge is 0.494 e. The Balaban J connectivity index is 3.27. The summed E-state index contributed by atoms with van der Waals surface area (Å²) >= 11 is 0. The molecule has 0 fully saturated rings.